The molecule has 1 saturated heterocycles. The van der Waals surface area contributed by atoms with E-state index < -0.39 is 11.6 Å². The second kappa shape index (κ2) is 7.21. The van der Waals surface area contributed by atoms with Gasteiger partial charge in [-0.3, -0.25) is 4.79 Å². The highest BCUT2D eigenvalue weighted by Crippen LogP contribution is 2.45. The minimum Gasteiger partial charge on any atom is -0.477 e. The van der Waals surface area contributed by atoms with E-state index in [4.69, 9.17) is 10.5 Å². The van der Waals surface area contributed by atoms with Gasteiger partial charge in [0.2, 0.25) is 5.91 Å². The average Bonchev–Trinajstić information content (AvgIpc) is 3.28. The van der Waals surface area contributed by atoms with Crippen LogP contribution in [0.25, 0.3) is 0 Å². The maximum Gasteiger partial charge on any atom is 0.345 e. The van der Waals surface area contributed by atoms with Crippen molar-refractivity contribution in [1.82, 2.24) is 9.88 Å². The highest BCUT2D eigenvalue weighted by molar-refractivity contribution is 7.14. The molecule has 0 saturated carbocycles. The van der Waals surface area contributed by atoms with E-state index in [9.17, 15) is 14.7 Å². The van der Waals surface area contributed by atoms with Gasteiger partial charge >= 0.3 is 5.97 Å². The van der Waals surface area contributed by atoms with Gasteiger partial charge in [-0.2, -0.15) is 0 Å². The molecule has 2 aliphatic rings. The molecular weight excluding hydrogens is 386 g/mol. The third-order valence-corrected chi connectivity index (χ3v) is 7.35. The first-order valence-corrected chi connectivity index (χ1v) is 10.6. The lowest BCUT2D eigenvalue weighted by Gasteiger charge is -2.43. The smallest absolute Gasteiger partial charge is 0.345 e. The standard InChI is InChI=1S/C18H21N3O4S2/c19-17-20-12(10-26-17)1-2-14(22)21-6-4-18(5-7-21)15-11(3-8-25-18)9-13(27-15)16(23)24/h9-10H,1-8H2,(H2,19,20)(H,23,24). The monoisotopic (exact) mass is 407 g/mol. The van der Waals surface area contributed by atoms with Gasteiger partial charge in [-0.1, -0.05) is 0 Å². The number of carboxylic acids is 1. The van der Waals surface area contributed by atoms with Crippen molar-refractivity contribution < 1.29 is 19.4 Å². The van der Waals surface area contributed by atoms with Crippen molar-refractivity contribution in [2.75, 3.05) is 25.4 Å². The third kappa shape index (κ3) is 3.59. The molecule has 0 atom stereocenters. The molecule has 4 rings (SSSR count). The Morgan fingerprint density at radius 3 is 2.81 bits per heavy atom. The van der Waals surface area contributed by atoms with Crippen LogP contribution in [0.2, 0.25) is 0 Å². The van der Waals surface area contributed by atoms with Gasteiger partial charge in [0.25, 0.3) is 0 Å². The first-order valence-electron chi connectivity index (χ1n) is 8.95. The van der Waals surface area contributed by atoms with Crippen molar-refractivity contribution in [1.29, 1.82) is 0 Å². The van der Waals surface area contributed by atoms with Crippen LogP contribution in [0.4, 0.5) is 5.13 Å². The molecule has 0 aliphatic carbocycles. The number of nitrogens with two attached hydrogens (primary N) is 1. The zero-order valence-corrected chi connectivity index (χ0v) is 16.4. The molecule has 27 heavy (non-hydrogen) atoms. The number of amides is 1. The summed E-state index contributed by atoms with van der Waals surface area (Å²) in [5, 5.41) is 11.7. The number of carbonyl (C=O) groups excluding carboxylic acids is 1. The number of fused-ring (bicyclic) bond motifs is 2. The summed E-state index contributed by atoms with van der Waals surface area (Å²) in [5.74, 6) is -0.773. The van der Waals surface area contributed by atoms with Crippen molar-refractivity contribution in [3.63, 3.8) is 0 Å². The van der Waals surface area contributed by atoms with Crippen LogP contribution in [0, 0.1) is 0 Å². The molecule has 2 aliphatic heterocycles. The molecule has 0 radical (unpaired) electrons. The molecule has 0 aromatic carbocycles. The lowest BCUT2D eigenvalue weighted by molar-refractivity contribution is -0.140. The molecule has 4 heterocycles. The second-order valence-corrected chi connectivity index (χ2v) is 8.86. The van der Waals surface area contributed by atoms with E-state index in [1.807, 2.05) is 10.3 Å². The zero-order chi connectivity index (χ0) is 19.0. The number of hydrogen-bond acceptors (Lipinski definition) is 7. The summed E-state index contributed by atoms with van der Waals surface area (Å²) in [6.45, 7) is 1.84. The summed E-state index contributed by atoms with van der Waals surface area (Å²) in [6.07, 6.45) is 3.18. The van der Waals surface area contributed by atoms with Gasteiger partial charge in [0.1, 0.15) is 10.5 Å². The second-order valence-electron chi connectivity index (χ2n) is 6.92. The van der Waals surface area contributed by atoms with Crippen LogP contribution in [0.3, 0.4) is 0 Å². The fourth-order valence-corrected chi connectivity index (χ4v) is 5.69. The third-order valence-electron chi connectivity index (χ3n) is 5.27. The summed E-state index contributed by atoms with van der Waals surface area (Å²) >= 11 is 2.71. The molecule has 9 heteroatoms. The van der Waals surface area contributed by atoms with Crippen molar-refractivity contribution in [3.8, 4) is 0 Å². The number of nitrogens with zero attached hydrogens (tertiary/aromatic N) is 2. The molecule has 3 N–H and O–H groups in total. The van der Waals surface area contributed by atoms with E-state index in [1.54, 1.807) is 6.07 Å². The summed E-state index contributed by atoms with van der Waals surface area (Å²) in [4.78, 5) is 31.3. The number of anilines is 1. The Hall–Kier alpha value is -1.97. The largest absolute Gasteiger partial charge is 0.477 e. The Morgan fingerprint density at radius 2 is 2.15 bits per heavy atom. The first-order chi connectivity index (χ1) is 13.0. The number of carboxylic acid groups (broad SMARTS) is 1. The van der Waals surface area contributed by atoms with E-state index in [0.717, 1.165) is 22.6 Å². The average molecular weight is 408 g/mol. The van der Waals surface area contributed by atoms with E-state index >= 15 is 0 Å². The predicted octanol–water partition coefficient (Wildman–Crippen LogP) is 2.51. The van der Waals surface area contributed by atoms with E-state index in [0.29, 0.717) is 55.4 Å². The molecule has 1 fully saturated rings. The Kier molecular flexibility index (Phi) is 4.92. The van der Waals surface area contributed by atoms with Crippen molar-refractivity contribution in [2.24, 2.45) is 0 Å². The van der Waals surface area contributed by atoms with Gasteiger partial charge in [0.15, 0.2) is 5.13 Å². The van der Waals surface area contributed by atoms with E-state index in [2.05, 4.69) is 4.98 Å². The van der Waals surface area contributed by atoms with Gasteiger partial charge < -0.3 is 20.5 Å². The number of aryl methyl sites for hydroxylation is 1. The highest BCUT2D eigenvalue weighted by Gasteiger charge is 2.43. The van der Waals surface area contributed by atoms with Gasteiger partial charge in [-0.05, 0) is 37.3 Å². The Labute approximate surface area is 164 Å². The van der Waals surface area contributed by atoms with Crippen LogP contribution in [0.1, 0.15) is 45.1 Å². The number of hydrogen-bond donors (Lipinski definition) is 2. The minimum atomic E-state index is -0.889. The molecule has 0 bridgehead atoms. The number of nitrogen functional groups attached to an aromatic ring is 1. The molecule has 2 aromatic rings. The number of likely N-dealkylation sites (tertiary alicyclic amines) is 1. The molecule has 144 valence electrons. The van der Waals surface area contributed by atoms with Gasteiger partial charge in [0.05, 0.1) is 12.3 Å². The van der Waals surface area contributed by atoms with Crippen molar-refractivity contribution in [2.45, 2.75) is 37.7 Å². The lowest BCUT2D eigenvalue weighted by Crippen LogP contribution is -2.47. The van der Waals surface area contributed by atoms with Crippen LogP contribution >= 0.6 is 22.7 Å². The number of piperidine rings is 1. The molecule has 1 amide bonds. The van der Waals surface area contributed by atoms with Crippen LogP contribution in [-0.4, -0.2) is 46.6 Å². The van der Waals surface area contributed by atoms with Crippen LogP contribution in [-0.2, 0) is 28.0 Å². The van der Waals surface area contributed by atoms with Crippen molar-refractivity contribution in [3.05, 3.63) is 32.5 Å². The van der Waals surface area contributed by atoms with Crippen molar-refractivity contribution >= 4 is 39.7 Å². The topological polar surface area (TPSA) is 106 Å². The Balaban J connectivity index is 1.40. The summed E-state index contributed by atoms with van der Waals surface area (Å²) in [5.41, 5.74) is 7.14. The fourth-order valence-electron chi connectivity index (χ4n) is 3.85. The maximum atomic E-state index is 12.5. The highest BCUT2D eigenvalue weighted by atomic mass is 32.1. The number of aromatic nitrogens is 1. The van der Waals surface area contributed by atoms with E-state index in [1.165, 1.54) is 22.7 Å². The van der Waals surface area contributed by atoms with Crippen LogP contribution in [0.5, 0.6) is 0 Å². The summed E-state index contributed by atoms with van der Waals surface area (Å²) in [7, 11) is 0. The Morgan fingerprint density at radius 1 is 1.37 bits per heavy atom. The molecule has 7 nitrogen and oxygen atoms in total. The predicted molar refractivity (Wildman–Crippen MR) is 103 cm³/mol. The number of carbonyl (C=O) groups is 2. The number of ether oxygens (including phenoxy) is 1. The van der Waals surface area contributed by atoms with E-state index in [-0.39, 0.29) is 5.91 Å². The number of thiazole rings is 1. The molecular formula is C18H21N3O4S2. The van der Waals surface area contributed by atoms with Gasteiger partial charge in [-0.25, -0.2) is 9.78 Å². The molecule has 2 aromatic heterocycles. The Bertz CT molecular complexity index is 868. The molecule has 1 spiro atoms. The fraction of sp³-hybridized carbons (Fsp3) is 0.500. The summed E-state index contributed by atoms with van der Waals surface area (Å²) in [6, 6.07) is 1.78. The normalized spacial score (nSPS) is 18.4. The van der Waals surface area contributed by atoms with Crippen LogP contribution in [0.15, 0.2) is 11.4 Å². The summed E-state index contributed by atoms with van der Waals surface area (Å²) < 4.78 is 6.14. The molecule has 0 unspecified atom stereocenters. The quantitative estimate of drug-likeness (QED) is 0.807. The number of thiophene rings is 1. The van der Waals surface area contributed by atoms with Gasteiger partial charge in [0, 0.05) is 29.8 Å². The SMILES string of the molecule is Nc1nc(CCC(=O)N2CCC3(CC2)OCCc2cc(C(=O)O)sc23)cs1. The lowest BCUT2D eigenvalue weighted by atomic mass is 9.85. The number of rotatable bonds is 4. The van der Waals surface area contributed by atoms with Crippen LogP contribution < -0.4 is 5.73 Å². The first kappa shape index (κ1) is 18.4. The minimum absolute atomic E-state index is 0.116. The maximum absolute atomic E-state index is 12.5. The zero-order valence-electron chi connectivity index (χ0n) is 14.8. The van der Waals surface area contributed by atoms with Gasteiger partial charge in [-0.15, -0.1) is 22.7 Å². The number of aromatic carboxylic acids is 1.